The van der Waals surface area contributed by atoms with Crippen LogP contribution in [0.25, 0.3) is 5.65 Å². The van der Waals surface area contributed by atoms with Gasteiger partial charge in [-0.3, -0.25) is 4.79 Å². The number of carbonyl (C=O) groups is 2. The molecule has 2 saturated carbocycles. The Labute approximate surface area is 244 Å². The molecule has 13 heteroatoms. The van der Waals surface area contributed by atoms with Crippen LogP contribution in [-0.2, 0) is 0 Å². The highest BCUT2D eigenvalue weighted by Gasteiger charge is 2.30. The number of fused-ring (bicyclic) bond motifs is 1. The highest BCUT2D eigenvalue weighted by Crippen LogP contribution is 2.30. The molecule has 2 aliphatic carbocycles. The zero-order chi connectivity index (χ0) is 28.5. The van der Waals surface area contributed by atoms with Crippen molar-refractivity contribution in [1.82, 2.24) is 34.7 Å². The van der Waals surface area contributed by atoms with Gasteiger partial charge in [0.2, 0.25) is 0 Å². The number of amides is 3. The van der Waals surface area contributed by atoms with Gasteiger partial charge in [0, 0.05) is 55.2 Å². The molecule has 0 spiro atoms. The van der Waals surface area contributed by atoms with E-state index in [1.165, 1.54) is 12.4 Å². The van der Waals surface area contributed by atoms with Crippen LogP contribution in [0.15, 0.2) is 30.6 Å². The van der Waals surface area contributed by atoms with Crippen LogP contribution in [0.3, 0.4) is 0 Å². The number of nitrogens with one attached hydrogen (secondary N) is 4. The van der Waals surface area contributed by atoms with Crippen LogP contribution in [0, 0.1) is 0 Å². The van der Waals surface area contributed by atoms with Crippen LogP contribution in [0.5, 0.6) is 0 Å². The number of likely N-dealkylation sites (N-methyl/N-ethyl adjacent to an activating group) is 1. The van der Waals surface area contributed by atoms with Crippen molar-refractivity contribution in [3.05, 3.63) is 41.4 Å². The number of aromatic nitrogens is 4. The fourth-order valence-corrected chi connectivity index (χ4v) is 5.80. The Hall–Kier alpha value is -3.64. The van der Waals surface area contributed by atoms with E-state index in [1.807, 2.05) is 11.0 Å². The molecular formula is C28H37ClN10O2. The Morgan fingerprint density at radius 2 is 1.71 bits per heavy atom. The topological polar surface area (TPSA) is 132 Å². The summed E-state index contributed by atoms with van der Waals surface area (Å²) in [5.41, 5.74) is 2.31. The minimum Gasteiger partial charge on any atom is -0.379 e. The molecule has 0 bridgehead atoms. The van der Waals surface area contributed by atoms with Crippen LogP contribution in [-0.4, -0.2) is 92.7 Å². The van der Waals surface area contributed by atoms with Crippen molar-refractivity contribution in [3.8, 4) is 0 Å². The van der Waals surface area contributed by atoms with Crippen LogP contribution in [0.4, 0.5) is 22.0 Å². The number of pyridine rings is 1. The van der Waals surface area contributed by atoms with Crippen molar-refractivity contribution in [1.29, 1.82) is 0 Å². The average molecular weight is 581 g/mol. The van der Waals surface area contributed by atoms with E-state index >= 15 is 0 Å². The van der Waals surface area contributed by atoms with E-state index in [1.54, 1.807) is 16.6 Å². The summed E-state index contributed by atoms with van der Waals surface area (Å²) in [5.74, 6) is 0.340. The lowest BCUT2D eigenvalue weighted by Crippen LogP contribution is -2.47. The van der Waals surface area contributed by atoms with E-state index in [4.69, 9.17) is 16.7 Å². The smallest absolute Gasteiger partial charge is 0.317 e. The van der Waals surface area contributed by atoms with E-state index in [-0.39, 0.29) is 24.0 Å². The number of halogens is 1. The highest BCUT2D eigenvalue weighted by atomic mass is 35.5. The second-order valence-electron chi connectivity index (χ2n) is 11.6. The Bertz CT molecular complexity index is 1420. The molecule has 12 nitrogen and oxygen atoms in total. The highest BCUT2D eigenvalue weighted by molar-refractivity contribution is 6.29. The van der Waals surface area contributed by atoms with Crippen molar-refractivity contribution >= 4 is 46.4 Å². The van der Waals surface area contributed by atoms with Gasteiger partial charge in [-0.05, 0) is 71.2 Å². The lowest BCUT2D eigenvalue weighted by atomic mass is 9.91. The van der Waals surface area contributed by atoms with Crippen molar-refractivity contribution in [3.63, 3.8) is 0 Å². The molecule has 3 aromatic rings. The van der Waals surface area contributed by atoms with Crippen molar-refractivity contribution in [2.75, 3.05) is 43.1 Å². The molecule has 218 valence electrons. The summed E-state index contributed by atoms with van der Waals surface area (Å²) in [4.78, 5) is 38.6. The third-order valence-electron chi connectivity index (χ3n) is 8.21. The second kappa shape index (κ2) is 11.7. The zero-order valence-corrected chi connectivity index (χ0v) is 24.2. The predicted molar refractivity (Wildman–Crippen MR) is 159 cm³/mol. The molecule has 0 aromatic carbocycles. The minimum absolute atomic E-state index is 0.0496. The van der Waals surface area contributed by atoms with Gasteiger partial charge < -0.3 is 31.1 Å². The minimum atomic E-state index is -0.340. The molecule has 3 fully saturated rings. The Kier molecular flexibility index (Phi) is 7.85. The van der Waals surface area contributed by atoms with Crippen molar-refractivity contribution in [2.24, 2.45) is 0 Å². The predicted octanol–water partition coefficient (Wildman–Crippen LogP) is 3.67. The van der Waals surface area contributed by atoms with Gasteiger partial charge in [0.25, 0.3) is 5.91 Å². The number of rotatable bonds is 8. The van der Waals surface area contributed by atoms with Crippen LogP contribution < -0.4 is 21.3 Å². The van der Waals surface area contributed by atoms with Gasteiger partial charge in [0.1, 0.15) is 11.0 Å². The first kappa shape index (κ1) is 27.5. The summed E-state index contributed by atoms with van der Waals surface area (Å²) < 4.78 is 1.59. The average Bonchev–Trinajstić information content (AvgIpc) is 3.42. The fourth-order valence-electron chi connectivity index (χ4n) is 5.63. The molecule has 4 heterocycles. The molecule has 1 atom stereocenters. The van der Waals surface area contributed by atoms with Gasteiger partial charge in [0.05, 0.1) is 11.9 Å². The van der Waals surface area contributed by atoms with Crippen LogP contribution in [0.2, 0.25) is 5.15 Å². The third-order valence-corrected chi connectivity index (χ3v) is 8.42. The number of hydrogen-bond acceptors (Lipinski definition) is 8. The zero-order valence-electron chi connectivity index (χ0n) is 23.4. The molecule has 0 unspecified atom stereocenters. The van der Waals surface area contributed by atoms with E-state index in [9.17, 15) is 9.59 Å². The van der Waals surface area contributed by atoms with Gasteiger partial charge in [-0.15, -0.1) is 5.10 Å². The first-order valence-corrected chi connectivity index (χ1v) is 14.8. The van der Waals surface area contributed by atoms with Crippen LogP contribution in [0.1, 0.15) is 55.4 Å². The Morgan fingerprint density at radius 3 is 2.41 bits per heavy atom. The molecular weight excluding hydrogens is 544 g/mol. The number of urea groups is 1. The number of nitrogens with zero attached hydrogens (tertiary/aromatic N) is 6. The number of anilines is 3. The summed E-state index contributed by atoms with van der Waals surface area (Å²) in [6.07, 6.45) is 9.94. The quantitative estimate of drug-likeness (QED) is 0.297. The number of likely N-dealkylation sites (tertiary alicyclic amines) is 1. The molecule has 3 amide bonds. The molecule has 0 radical (unpaired) electrons. The summed E-state index contributed by atoms with van der Waals surface area (Å²) >= 11 is 5.98. The van der Waals surface area contributed by atoms with Crippen LogP contribution >= 0.6 is 11.6 Å². The lowest BCUT2D eigenvalue weighted by Gasteiger charge is -2.31. The standard InChI is InChI=1S/C28H37ClN10O2/c1-37(2)21-10-12-38(16-21)28(41)35-19-7-5-18(6-8-19)33-25-14-22(32-17-3-4-17)26-31-15-23(39(26)36-25)27(40)34-20-9-11-30-24(29)13-20/h9,11,13-15,17-19,21,32H,3-8,10,12,16H2,1-2H3,(H,33,36)(H,35,41)(H,30,34,40)/t18-,19-,21-/m0/s1. The molecule has 1 aliphatic heterocycles. The SMILES string of the molecule is CN(C)[C@H]1CCN(C(=O)N[C@H]2CC[C@H](Nc3cc(NC4CC4)c4ncc(C(=O)Nc5ccnc(Cl)c5)n4n3)CC2)C1. The Morgan fingerprint density at radius 1 is 0.976 bits per heavy atom. The summed E-state index contributed by atoms with van der Waals surface area (Å²) in [5, 5.41) is 18.3. The Balaban J connectivity index is 1.11. The second-order valence-corrected chi connectivity index (χ2v) is 11.9. The fraction of sp³-hybridized carbons (Fsp3) is 0.536. The van der Waals surface area contributed by atoms with E-state index in [2.05, 4.69) is 50.2 Å². The van der Waals surface area contributed by atoms with Gasteiger partial charge >= 0.3 is 6.03 Å². The lowest BCUT2D eigenvalue weighted by molar-refractivity contribution is 0.102. The number of carbonyl (C=O) groups excluding carboxylic acids is 2. The molecule has 41 heavy (non-hydrogen) atoms. The normalized spacial score (nSPS) is 22.6. The molecule has 4 N–H and O–H groups in total. The number of imidazole rings is 1. The summed E-state index contributed by atoms with van der Waals surface area (Å²) in [6, 6.07) is 6.52. The maximum absolute atomic E-state index is 13.2. The third kappa shape index (κ3) is 6.48. The maximum atomic E-state index is 13.2. The van der Waals surface area contributed by atoms with Gasteiger partial charge in [-0.25, -0.2) is 19.3 Å². The molecule has 3 aliphatic rings. The first-order valence-electron chi connectivity index (χ1n) is 14.4. The van der Waals surface area contributed by atoms with Gasteiger partial charge in [-0.1, -0.05) is 11.6 Å². The largest absolute Gasteiger partial charge is 0.379 e. The van der Waals surface area contributed by atoms with Crippen molar-refractivity contribution < 1.29 is 9.59 Å². The van der Waals surface area contributed by atoms with E-state index in [0.29, 0.717) is 40.1 Å². The summed E-state index contributed by atoms with van der Waals surface area (Å²) in [7, 11) is 4.14. The van der Waals surface area contributed by atoms with Gasteiger partial charge in [-0.2, -0.15) is 0 Å². The first-order chi connectivity index (χ1) is 19.8. The van der Waals surface area contributed by atoms with E-state index in [0.717, 1.165) is 63.7 Å². The number of hydrogen-bond donors (Lipinski definition) is 4. The summed E-state index contributed by atoms with van der Waals surface area (Å²) in [6.45, 7) is 1.59. The molecule has 3 aromatic heterocycles. The monoisotopic (exact) mass is 580 g/mol. The van der Waals surface area contributed by atoms with Gasteiger partial charge in [0.15, 0.2) is 11.3 Å². The molecule has 1 saturated heterocycles. The van der Waals surface area contributed by atoms with E-state index < -0.39 is 0 Å². The molecule has 6 rings (SSSR count). The maximum Gasteiger partial charge on any atom is 0.317 e. The van der Waals surface area contributed by atoms with Crippen molar-refractivity contribution in [2.45, 2.75) is 69.1 Å².